The predicted molar refractivity (Wildman–Crippen MR) is 153 cm³/mol. The summed E-state index contributed by atoms with van der Waals surface area (Å²) in [5.41, 5.74) is 0.872. The molecule has 1 saturated carbocycles. The number of rotatable bonds is 9. The van der Waals surface area contributed by atoms with Crippen LogP contribution in [0, 0.1) is 11.8 Å². The number of morpholine rings is 1. The van der Waals surface area contributed by atoms with E-state index in [9.17, 15) is 21.6 Å². The maximum absolute atomic E-state index is 12.8. The molecule has 1 saturated heterocycles. The van der Waals surface area contributed by atoms with Gasteiger partial charge in [0.05, 0.1) is 18.7 Å². The van der Waals surface area contributed by atoms with E-state index in [-0.39, 0.29) is 16.9 Å². The van der Waals surface area contributed by atoms with Crippen LogP contribution in [0.5, 0.6) is 5.75 Å². The highest BCUT2D eigenvalue weighted by atomic mass is 79.9. The number of halogens is 4. The molecule has 2 heterocycles. The molecule has 9 nitrogen and oxygen atoms in total. The van der Waals surface area contributed by atoms with Crippen LogP contribution in [0.15, 0.2) is 51.8 Å². The third-order valence-corrected chi connectivity index (χ3v) is 9.35. The Labute approximate surface area is 245 Å². The average Bonchev–Trinajstić information content (AvgIpc) is 2.94. The smallest absolute Gasteiger partial charge is 0.404 e. The van der Waals surface area contributed by atoms with Crippen molar-refractivity contribution in [2.24, 2.45) is 11.8 Å². The molecule has 0 radical (unpaired) electrons. The summed E-state index contributed by atoms with van der Waals surface area (Å²) in [6, 6.07) is 11.4. The Hall–Kier alpha value is -2.68. The van der Waals surface area contributed by atoms with Crippen LogP contribution in [-0.4, -0.2) is 64.1 Å². The highest BCUT2D eigenvalue weighted by molar-refractivity contribution is 9.10. The fourth-order valence-corrected chi connectivity index (χ4v) is 6.81. The van der Waals surface area contributed by atoms with Crippen LogP contribution in [0.4, 0.5) is 24.9 Å². The summed E-state index contributed by atoms with van der Waals surface area (Å²) in [7, 11) is -4.21. The zero-order valence-electron chi connectivity index (χ0n) is 22.2. The van der Waals surface area contributed by atoms with Gasteiger partial charge in [-0.2, -0.15) is 4.98 Å². The van der Waals surface area contributed by atoms with Crippen LogP contribution in [-0.2, 0) is 14.8 Å². The van der Waals surface area contributed by atoms with E-state index in [0.717, 1.165) is 67.6 Å². The lowest BCUT2D eigenvalue weighted by Crippen LogP contribution is -2.37. The van der Waals surface area contributed by atoms with Gasteiger partial charge in [-0.05, 0) is 67.9 Å². The number of para-hydroxylation sites is 1. The first kappa shape index (κ1) is 29.8. The van der Waals surface area contributed by atoms with E-state index < -0.39 is 27.0 Å². The van der Waals surface area contributed by atoms with Crippen LogP contribution in [0.2, 0.25) is 0 Å². The summed E-state index contributed by atoms with van der Waals surface area (Å²) >= 11 is 3.06. The highest BCUT2D eigenvalue weighted by Gasteiger charge is 2.34. The zero-order chi connectivity index (χ0) is 29.0. The van der Waals surface area contributed by atoms with Gasteiger partial charge in [-0.1, -0.05) is 28.1 Å². The molecular weight excluding hydrogens is 627 g/mol. The number of fused-ring (bicyclic) bond motifs is 1. The Morgan fingerprint density at radius 3 is 2.39 bits per heavy atom. The molecule has 0 unspecified atom stereocenters. The second kappa shape index (κ2) is 12.7. The van der Waals surface area contributed by atoms with E-state index in [1.807, 2.05) is 24.3 Å². The van der Waals surface area contributed by atoms with Crippen molar-refractivity contribution in [2.45, 2.75) is 36.9 Å². The zero-order valence-corrected chi connectivity index (χ0v) is 24.6. The number of nitrogens with zero attached hydrogens (tertiary/aromatic N) is 3. The normalized spacial score (nSPS) is 20.2. The monoisotopic (exact) mass is 657 g/mol. The van der Waals surface area contributed by atoms with E-state index in [0.29, 0.717) is 31.6 Å². The summed E-state index contributed by atoms with van der Waals surface area (Å²) in [5, 5.41) is 4.41. The molecule has 2 aliphatic rings. The maximum Gasteiger partial charge on any atom is 0.573 e. The largest absolute Gasteiger partial charge is 0.573 e. The minimum atomic E-state index is -5.01. The molecule has 0 amide bonds. The maximum atomic E-state index is 12.8. The molecule has 1 aromatic heterocycles. The molecule has 1 aliphatic carbocycles. The number of aromatic nitrogens is 2. The van der Waals surface area contributed by atoms with Crippen molar-refractivity contribution >= 4 is 48.6 Å². The second-order valence-corrected chi connectivity index (χ2v) is 12.9. The molecule has 3 aromatic rings. The van der Waals surface area contributed by atoms with Gasteiger partial charge in [0.1, 0.15) is 10.7 Å². The van der Waals surface area contributed by atoms with Gasteiger partial charge in [-0.25, -0.2) is 18.1 Å². The van der Waals surface area contributed by atoms with Gasteiger partial charge in [-0.3, -0.25) is 0 Å². The molecule has 5 rings (SSSR count). The first-order valence-electron chi connectivity index (χ1n) is 13.5. The fraction of sp³-hybridized carbons (Fsp3) is 0.481. The molecule has 0 atom stereocenters. The molecular formula is C27H31BrF3N5O4S. The first-order chi connectivity index (χ1) is 19.6. The number of nitrogens with one attached hydrogen (secondary N) is 2. The number of hydrogen-bond donors (Lipinski definition) is 2. The quantitative estimate of drug-likeness (QED) is 0.318. The number of ether oxygens (including phenoxy) is 2. The van der Waals surface area contributed by atoms with Crippen LogP contribution in [0.1, 0.15) is 25.7 Å². The van der Waals surface area contributed by atoms with E-state index in [1.165, 1.54) is 6.07 Å². The number of sulfonamides is 1. The SMILES string of the molecule is O=S(=O)(NC[C@H]1CC[C@H](CNc2nc(N3CCOCC3)c3ccccc3n2)CC1)c1ccc(Br)cc1OC(F)(F)F. The number of anilines is 2. The second-order valence-electron chi connectivity index (χ2n) is 10.2. The number of hydrogen-bond acceptors (Lipinski definition) is 8. The summed E-state index contributed by atoms with van der Waals surface area (Å²) in [6.07, 6.45) is -1.68. The molecule has 14 heteroatoms. The lowest BCUT2D eigenvalue weighted by atomic mass is 9.82. The van der Waals surface area contributed by atoms with Crippen molar-refractivity contribution in [1.29, 1.82) is 0 Å². The summed E-state index contributed by atoms with van der Waals surface area (Å²) < 4.78 is 76.4. The van der Waals surface area contributed by atoms with Crippen molar-refractivity contribution in [2.75, 3.05) is 49.6 Å². The number of benzene rings is 2. The summed E-state index contributed by atoms with van der Waals surface area (Å²) in [6.45, 7) is 3.69. The third-order valence-electron chi connectivity index (χ3n) is 7.39. The van der Waals surface area contributed by atoms with Gasteiger partial charge in [0.15, 0.2) is 5.75 Å². The predicted octanol–water partition coefficient (Wildman–Crippen LogP) is 5.32. The molecule has 2 N–H and O–H groups in total. The Bertz CT molecular complexity index is 1460. The Balaban J connectivity index is 1.15. The molecule has 0 spiro atoms. The minimum absolute atomic E-state index is 0.0771. The first-order valence-corrected chi connectivity index (χ1v) is 15.7. The van der Waals surface area contributed by atoms with E-state index in [4.69, 9.17) is 14.7 Å². The molecule has 0 bridgehead atoms. The lowest BCUT2D eigenvalue weighted by Gasteiger charge is -2.30. The van der Waals surface area contributed by atoms with Crippen LogP contribution < -0.4 is 19.7 Å². The van der Waals surface area contributed by atoms with Gasteiger partial charge in [0.2, 0.25) is 16.0 Å². The van der Waals surface area contributed by atoms with Gasteiger partial charge >= 0.3 is 6.36 Å². The van der Waals surface area contributed by atoms with E-state index in [1.54, 1.807) is 0 Å². The van der Waals surface area contributed by atoms with Gasteiger partial charge in [0.25, 0.3) is 0 Å². The van der Waals surface area contributed by atoms with Crippen LogP contribution >= 0.6 is 15.9 Å². The van der Waals surface area contributed by atoms with Crippen molar-refractivity contribution in [3.05, 3.63) is 46.9 Å². The molecule has 1 aliphatic heterocycles. The summed E-state index contributed by atoms with van der Waals surface area (Å²) in [4.78, 5) is 11.2. The van der Waals surface area contributed by atoms with Crippen molar-refractivity contribution in [3.8, 4) is 5.75 Å². The van der Waals surface area contributed by atoms with Crippen molar-refractivity contribution in [1.82, 2.24) is 14.7 Å². The molecule has 2 aromatic carbocycles. The fourth-order valence-electron chi connectivity index (χ4n) is 5.24. The molecule has 222 valence electrons. The topological polar surface area (TPSA) is 106 Å². The third kappa shape index (κ3) is 7.79. The van der Waals surface area contributed by atoms with E-state index in [2.05, 4.69) is 35.6 Å². The Morgan fingerprint density at radius 1 is 1.00 bits per heavy atom. The van der Waals surface area contributed by atoms with Gasteiger partial charge in [-0.15, -0.1) is 13.2 Å². The lowest BCUT2D eigenvalue weighted by molar-refractivity contribution is -0.275. The number of alkyl halides is 3. The van der Waals surface area contributed by atoms with Crippen LogP contribution in [0.25, 0.3) is 10.9 Å². The van der Waals surface area contributed by atoms with Gasteiger partial charge in [0, 0.05) is 36.0 Å². The molecule has 41 heavy (non-hydrogen) atoms. The summed E-state index contributed by atoms with van der Waals surface area (Å²) in [5.74, 6) is 1.14. The Kier molecular flexibility index (Phi) is 9.21. The Morgan fingerprint density at radius 2 is 1.68 bits per heavy atom. The molecule has 2 fully saturated rings. The van der Waals surface area contributed by atoms with Crippen LogP contribution in [0.3, 0.4) is 0 Å². The van der Waals surface area contributed by atoms with Crippen molar-refractivity contribution < 1.29 is 31.1 Å². The minimum Gasteiger partial charge on any atom is -0.404 e. The standard InChI is InChI=1S/C27H31BrF3N5O4S/c28-20-9-10-24(23(15-20)40-27(29,30)31)41(37,38)33-17-19-7-5-18(6-8-19)16-32-26-34-22-4-2-1-3-21(22)25(35-26)36-11-13-39-14-12-36/h1-4,9-10,15,18-19,33H,5-8,11-14,16-17H2,(H,32,34,35)/t18-,19-. The highest BCUT2D eigenvalue weighted by Crippen LogP contribution is 2.33. The average molecular weight is 659 g/mol. The van der Waals surface area contributed by atoms with E-state index >= 15 is 0 Å². The van der Waals surface area contributed by atoms with Crippen molar-refractivity contribution in [3.63, 3.8) is 0 Å². The van der Waals surface area contributed by atoms with Gasteiger partial charge < -0.3 is 19.7 Å².